The normalized spacial score (nSPS) is 16.1. The van der Waals surface area contributed by atoms with Crippen molar-refractivity contribution in [2.45, 2.75) is 31.1 Å². The molecule has 0 aromatic heterocycles. The van der Waals surface area contributed by atoms with E-state index in [1.165, 1.54) is 4.90 Å². The van der Waals surface area contributed by atoms with Gasteiger partial charge in [0.2, 0.25) is 11.8 Å². The molecule has 0 bridgehead atoms. The summed E-state index contributed by atoms with van der Waals surface area (Å²) in [6, 6.07) is 15.1. The first-order chi connectivity index (χ1) is 14.3. The highest BCUT2D eigenvalue weighted by Gasteiger charge is 2.35. The predicted octanol–water partition coefficient (Wildman–Crippen LogP) is 4.58. The predicted molar refractivity (Wildman–Crippen MR) is 121 cm³/mol. The van der Waals surface area contributed by atoms with E-state index in [1.54, 1.807) is 31.1 Å². The Morgan fingerprint density at radius 3 is 2.57 bits per heavy atom. The van der Waals surface area contributed by atoms with Crippen LogP contribution in [0.25, 0.3) is 0 Å². The number of para-hydroxylation sites is 1. The molecule has 3 amide bonds. The summed E-state index contributed by atoms with van der Waals surface area (Å²) in [6.45, 7) is 4.56. The first-order valence-electron chi connectivity index (χ1n) is 9.95. The third-order valence-corrected chi connectivity index (χ3v) is 6.17. The Morgan fingerprint density at radius 2 is 1.87 bits per heavy atom. The van der Waals surface area contributed by atoms with E-state index in [-0.39, 0.29) is 23.5 Å². The van der Waals surface area contributed by atoms with Gasteiger partial charge in [-0.25, -0.2) is 0 Å². The maximum absolute atomic E-state index is 12.9. The number of carbonyl (C=O) groups is 3. The fourth-order valence-corrected chi connectivity index (χ4v) is 4.01. The van der Waals surface area contributed by atoms with Crippen molar-refractivity contribution in [3.8, 4) is 0 Å². The van der Waals surface area contributed by atoms with Gasteiger partial charge in [-0.1, -0.05) is 38.1 Å². The number of benzene rings is 2. The van der Waals surface area contributed by atoms with Crippen molar-refractivity contribution < 1.29 is 14.4 Å². The number of carbonyl (C=O) groups excluding carboxylic acids is 3. The number of nitrogens with one attached hydrogen (secondary N) is 1. The van der Waals surface area contributed by atoms with Crippen LogP contribution in [0.3, 0.4) is 0 Å². The van der Waals surface area contributed by atoms with Gasteiger partial charge in [-0.2, -0.15) is 0 Å². The molecule has 0 aliphatic carbocycles. The lowest BCUT2D eigenvalue weighted by molar-refractivity contribution is -0.122. The van der Waals surface area contributed by atoms with Crippen LogP contribution in [0.5, 0.6) is 0 Å². The number of amides is 3. The smallest absolute Gasteiger partial charge is 0.286 e. The number of hydrogen-bond donors (Lipinski definition) is 1. The fourth-order valence-electron chi connectivity index (χ4n) is 3.26. The number of hydrogen-bond acceptors (Lipinski definition) is 4. The second-order valence-electron chi connectivity index (χ2n) is 7.90. The van der Waals surface area contributed by atoms with Gasteiger partial charge in [0.25, 0.3) is 5.24 Å². The molecule has 2 aromatic rings. The summed E-state index contributed by atoms with van der Waals surface area (Å²) in [5, 5.41) is 2.79. The number of nitrogens with zero attached hydrogens (tertiary/aromatic N) is 2. The molecular weight excluding hydrogens is 398 g/mol. The van der Waals surface area contributed by atoms with E-state index in [0.29, 0.717) is 23.0 Å². The maximum atomic E-state index is 12.9. The fraction of sp³-hybridized carbons (Fsp3) is 0.348. The summed E-state index contributed by atoms with van der Waals surface area (Å²) in [7, 11) is 3.37. The molecule has 1 N–H and O–H groups in total. The summed E-state index contributed by atoms with van der Waals surface area (Å²) in [4.78, 5) is 41.4. The van der Waals surface area contributed by atoms with Gasteiger partial charge >= 0.3 is 0 Å². The first-order valence-corrected chi connectivity index (χ1v) is 10.8. The molecule has 0 saturated carbocycles. The topological polar surface area (TPSA) is 69.7 Å². The van der Waals surface area contributed by atoms with Gasteiger partial charge in [-0.05, 0) is 47.5 Å². The van der Waals surface area contributed by atoms with Gasteiger partial charge < -0.3 is 15.1 Å². The van der Waals surface area contributed by atoms with Gasteiger partial charge in [0.05, 0.1) is 11.6 Å². The van der Waals surface area contributed by atoms with Crippen molar-refractivity contribution in [1.29, 1.82) is 0 Å². The first kappa shape index (κ1) is 21.9. The maximum Gasteiger partial charge on any atom is 0.286 e. The van der Waals surface area contributed by atoms with Crippen molar-refractivity contribution in [2.24, 2.45) is 5.92 Å². The number of rotatable bonds is 5. The van der Waals surface area contributed by atoms with Crippen LogP contribution in [0.1, 0.15) is 31.7 Å². The summed E-state index contributed by atoms with van der Waals surface area (Å²) < 4.78 is 0. The zero-order chi connectivity index (χ0) is 21.8. The molecule has 1 heterocycles. The van der Waals surface area contributed by atoms with Gasteiger partial charge in [0, 0.05) is 37.6 Å². The molecule has 0 radical (unpaired) electrons. The molecular formula is C23H27N3O3S. The van der Waals surface area contributed by atoms with E-state index in [1.807, 2.05) is 36.4 Å². The minimum Gasteiger partial charge on any atom is -0.339 e. The average Bonchev–Trinajstić information content (AvgIpc) is 3.11. The lowest BCUT2D eigenvalue weighted by atomic mass is 10.0. The number of thioether (sulfide) groups is 1. The van der Waals surface area contributed by atoms with Crippen LogP contribution >= 0.6 is 11.8 Å². The highest BCUT2D eigenvalue weighted by molar-refractivity contribution is 8.13. The summed E-state index contributed by atoms with van der Waals surface area (Å²) in [5.41, 5.74) is 2.56. The molecule has 1 saturated heterocycles. The second kappa shape index (κ2) is 9.34. The van der Waals surface area contributed by atoms with Crippen molar-refractivity contribution in [2.75, 3.05) is 30.9 Å². The van der Waals surface area contributed by atoms with Crippen molar-refractivity contribution in [3.63, 3.8) is 0 Å². The van der Waals surface area contributed by atoms with Crippen LogP contribution in [0.2, 0.25) is 0 Å². The molecule has 2 aromatic carbocycles. The Labute approximate surface area is 181 Å². The quantitative estimate of drug-likeness (QED) is 0.712. The lowest BCUT2D eigenvalue weighted by Crippen LogP contribution is -2.28. The van der Waals surface area contributed by atoms with E-state index in [2.05, 4.69) is 19.2 Å². The van der Waals surface area contributed by atoms with Gasteiger partial charge in [-0.3, -0.25) is 14.4 Å². The SMILES string of the molecule is CC(C)c1cccc(N2CC(C(=O)Nc3ccccc3SC(=O)N(C)C)CC2=O)c1. The van der Waals surface area contributed by atoms with Gasteiger partial charge in [-0.15, -0.1) is 0 Å². The monoisotopic (exact) mass is 425 g/mol. The molecule has 30 heavy (non-hydrogen) atoms. The van der Waals surface area contributed by atoms with Crippen molar-refractivity contribution in [3.05, 3.63) is 54.1 Å². The molecule has 1 fully saturated rings. The molecule has 1 aliphatic heterocycles. The average molecular weight is 426 g/mol. The van der Waals surface area contributed by atoms with E-state index in [9.17, 15) is 14.4 Å². The third-order valence-electron chi connectivity index (χ3n) is 5.05. The lowest BCUT2D eigenvalue weighted by Gasteiger charge is -2.19. The summed E-state index contributed by atoms with van der Waals surface area (Å²) in [6.07, 6.45) is 0.170. The molecule has 7 heteroatoms. The molecule has 6 nitrogen and oxygen atoms in total. The Bertz CT molecular complexity index is 958. The van der Waals surface area contributed by atoms with E-state index < -0.39 is 5.92 Å². The Balaban J connectivity index is 1.71. The molecule has 0 spiro atoms. The minimum atomic E-state index is -0.442. The molecule has 3 rings (SSSR count). The number of anilines is 2. The third kappa shape index (κ3) is 5.02. The summed E-state index contributed by atoms with van der Waals surface area (Å²) in [5.74, 6) is -0.346. The van der Waals surface area contributed by atoms with E-state index in [0.717, 1.165) is 23.0 Å². The van der Waals surface area contributed by atoms with Crippen LogP contribution < -0.4 is 10.2 Å². The van der Waals surface area contributed by atoms with Crippen LogP contribution in [0, 0.1) is 5.92 Å². The molecule has 158 valence electrons. The van der Waals surface area contributed by atoms with Gasteiger partial charge in [0.15, 0.2) is 0 Å². The molecule has 1 atom stereocenters. The van der Waals surface area contributed by atoms with Crippen LogP contribution in [0.15, 0.2) is 53.4 Å². The Kier molecular flexibility index (Phi) is 6.82. The summed E-state index contributed by atoms with van der Waals surface area (Å²) >= 11 is 1.06. The minimum absolute atomic E-state index is 0.0542. The highest BCUT2D eigenvalue weighted by atomic mass is 32.2. The Hall–Kier alpha value is -2.80. The highest BCUT2D eigenvalue weighted by Crippen LogP contribution is 2.31. The Morgan fingerprint density at radius 1 is 1.13 bits per heavy atom. The van der Waals surface area contributed by atoms with Crippen LogP contribution in [-0.4, -0.2) is 42.6 Å². The zero-order valence-corrected chi connectivity index (χ0v) is 18.5. The van der Waals surface area contributed by atoms with E-state index >= 15 is 0 Å². The molecule has 1 unspecified atom stereocenters. The van der Waals surface area contributed by atoms with Crippen LogP contribution in [0.4, 0.5) is 16.2 Å². The van der Waals surface area contributed by atoms with Crippen molar-refractivity contribution in [1.82, 2.24) is 4.90 Å². The molecule has 1 aliphatic rings. The van der Waals surface area contributed by atoms with Crippen LogP contribution in [-0.2, 0) is 9.59 Å². The van der Waals surface area contributed by atoms with E-state index in [4.69, 9.17) is 0 Å². The second-order valence-corrected chi connectivity index (χ2v) is 8.90. The largest absolute Gasteiger partial charge is 0.339 e. The van der Waals surface area contributed by atoms with Gasteiger partial charge in [0.1, 0.15) is 0 Å². The zero-order valence-electron chi connectivity index (χ0n) is 17.7. The van der Waals surface area contributed by atoms with Crippen molar-refractivity contribution >= 4 is 40.2 Å². The standard InChI is InChI=1S/C23H27N3O3S/c1-15(2)16-8-7-9-18(12-16)26-14-17(13-21(26)27)22(28)24-19-10-5-6-11-20(19)30-23(29)25(3)4/h5-12,15,17H,13-14H2,1-4H3,(H,24,28).